The van der Waals surface area contributed by atoms with Crippen molar-refractivity contribution in [3.63, 3.8) is 0 Å². The number of phenolic OH excluding ortho intramolecular Hbond substituents is 1. The molecular weight excluding hydrogens is 210 g/mol. The third-order valence-electron chi connectivity index (χ3n) is 2.23. The number of phenols is 1. The van der Waals surface area contributed by atoms with Gasteiger partial charge in [0.2, 0.25) is 0 Å². The zero-order chi connectivity index (χ0) is 12.1. The number of carbonyl (C=O) groups is 1. The van der Waals surface area contributed by atoms with Crippen LogP contribution in [0, 0.1) is 0 Å². The second-order valence-corrected chi connectivity index (χ2v) is 3.31. The number of benzene rings is 1. The fourth-order valence-corrected chi connectivity index (χ4v) is 1.38. The lowest BCUT2D eigenvalue weighted by Gasteiger charge is -2.14. The zero-order valence-corrected chi connectivity index (χ0v) is 9.27. The number of hydrogen-bond donors (Lipinski definition) is 2. The van der Waals surface area contributed by atoms with Gasteiger partial charge in [0.1, 0.15) is 11.5 Å². The molecule has 5 heteroatoms. The van der Waals surface area contributed by atoms with Crippen LogP contribution in [0.3, 0.4) is 0 Å². The molecule has 1 aromatic carbocycles. The number of aromatic hydroxyl groups is 1. The number of carbonyl (C=O) groups excluding carboxylic acids is 1. The summed E-state index contributed by atoms with van der Waals surface area (Å²) in [5.74, 6) is 0.157. The molecule has 5 nitrogen and oxygen atoms in total. The average Bonchev–Trinajstić information content (AvgIpc) is 2.28. The molecule has 3 N–H and O–H groups in total. The Morgan fingerprint density at radius 3 is 2.75 bits per heavy atom. The van der Waals surface area contributed by atoms with Crippen molar-refractivity contribution >= 4 is 5.97 Å². The van der Waals surface area contributed by atoms with Crippen LogP contribution in [0.2, 0.25) is 0 Å². The highest BCUT2D eigenvalue weighted by Crippen LogP contribution is 2.29. The summed E-state index contributed by atoms with van der Waals surface area (Å²) in [6, 6.07) is 4.06. The molecule has 0 aliphatic carbocycles. The first-order valence-corrected chi connectivity index (χ1v) is 4.77. The van der Waals surface area contributed by atoms with E-state index in [1.807, 2.05) is 0 Å². The minimum Gasteiger partial charge on any atom is -0.508 e. The third kappa shape index (κ3) is 2.87. The Morgan fingerprint density at radius 2 is 2.19 bits per heavy atom. The van der Waals surface area contributed by atoms with E-state index in [-0.39, 0.29) is 18.1 Å². The van der Waals surface area contributed by atoms with Gasteiger partial charge in [-0.2, -0.15) is 0 Å². The molecule has 0 fully saturated rings. The summed E-state index contributed by atoms with van der Waals surface area (Å²) in [7, 11) is 2.78. The van der Waals surface area contributed by atoms with Crippen molar-refractivity contribution in [1.82, 2.24) is 0 Å². The summed E-state index contributed by atoms with van der Waals surface area (Å²) in [6.07, 6.45) is 0.0671. The van der Waals surface area contributed by atoms with Crippen LogP contribution < -0.4 is 10.5 Å². The third-order valence-corrected chi connectivity index (χ3v) is 2.23. The first-order valence-electron chi connectivity index (χ1n) is 4.77. The molecule has 0 heterocycles. The van der Waals surface area contributed by atoms with E-state index in [1.165, 1.54) is 26.4 Å². The van der Waals surface area contributed by atoms with Crippen molar-refractivity contribution in [2.75, 3.05) is 14.2 Å². The Bertz CT molecular complexity index is 378. The Morgan fingerprint density at radius 1 is 1.50 bits per heavy atom. The van der Waals surface area contributed by atoms with E-state index in [0.717, 1.165) is 0 Å². The van der Waals surface area contributed by atoms with Gasteiger partial charge in [-0.1, -0.05) is 6.07 Å². The highest BCUT2D eigenvalue weighted by atomic mass is 16.5. The van der Waals surface area contributed by atoms with E-state index in [1.54, 1.807) is 6.07 Å². The number of rotatable bonds is 4. The molecule has 1 aromatic rings. The van der Waals surface area contributed by atoms with Gasteiger partial charge in [0.05, 0.1) is 20.6 Å². The van der Waals surface area contributed by atoms with E-state index < -0.39 is 6.04 Å². The molecule has 0 bridgehead atoms. The lowest BCUT2D eigenvalue weighted by Crippen LogP contribution is -2.17. The van der Waals surface area contributed by atoms with Crippen LogP contribution in [0.25, 0.3) is 0 Å². The Balaban J connectivity index is 2.90. The molecule has 0 spiro atoms. The summed E-state index contributed by atoms with van der Waals surface area (Å²) < 4.78 is 9.60. The van der Waals surface area contributed by atoms with Crippen LogP contribution >= 0.6 is 0 Å². The molecule has 0 saturated heterocycles. The summed E-state index contributed by atoms with van der Waals surface area (Å²) in [4.78, 5) is 11.1. The maximum absolute atomic E-state index is 11.1. The Kier molecular flexibility index (Phi) is 4.13. The van der Waals surface area contributed by atoms with Gasteiger partial charge in [0, 0.05) is 17.7 Å². The highest BCUT2D eigenvalue weighted by Gasteiger charge is 2.16. The molecule has 0 amide bonds. The van der Waals surface area contributed by atoms with E-state index >= 15 is 0 Å². The van der Waals surface area contributed by atoms with Crippen molar-refractivity contribution in [1.29, 1.82) is 0 Å². The fourth-order valence-electron chi connectivity index (χ4n) is 1.38. The van der Waals surface area contributed by atoms with E-state index in [9.17, 15) is 9.90 Å². The van der Waals surface area contributed by atoms with Crippen molar-refractivity contribution in [3.8, 4) is 11.5 Å². The van der Waals surface area contributed by atoms with Crippen LogP contribution in [0.5, 0.6) is 11.5 Å². The summed E-state index contributed by atoms with van der Waals surface area (Å²) in [5, 5.41) is 9.27. The van der Waals surface area contributed by atoms with Crippen molar-refractivity contribution in [2.45, 2.75) is 12.5 Å². The van der Waals surface area contributed by atoms with Crippen molar-refractivity contribution in [3.05, 3.63) is 23.8 Å². The number of methoxy groups -OCH3 is 2. The van der Waals surface area contributed by atoms with Crippen LogP contribution in [-0.2, 0) is 9.53 Å². The van der Waals surface area contributed by atoms with Gasteiger partial charge >= 0.3 is 5.97 Å². The Hall–Kier alpha value is -1.75. The van der Waals surface area contributed by atoms with Crippen LogP contribution in [0.1, 0.15) is 18.0 Å². The Labute approximate surface area is 93.8 Å². The van der Waals surface area contributed by atoms with Gasteiger partial charge in [-0.3, -0.25) is 4.79 Å². The molecule has 0 aliphatic heterocycles. The van der Waals surface area contributed by atoms with Crippen LogP contribution in [0.15, 0.2) is 18.2 Å². The molecule has 16 heavy (non-hydrogen) atoms. The van der Waals surface area contributed by atoms with E-state index in [4.69, 9.17) is 10.5 Å². The highest BCUT2D eigenvalue weighted by molar-refractivity contribution is 5.70. The SMILES string of the molecule is COC(=O)C[C@@H](N)c1ccc(O)cc1OC. The monoisotopic (exact) mass is 225 g/mol. The fraction of sp³-hybridized carbons (Fsp3) is 0.364. The molecular formula is C11H15NO4. The number of ether oxygens (including phenoxy) is 2. The zero-order valence-electron chi connectivity index (χ0n) is 9.27. The molecule has 0 aromatic heterocycles. The second-order valence-electron chi connectivity index (χ2n) is 3.31. The largest absolute Gasteiger partial charge is 0.508 e. The van der Waals surface area contributed by atoms with Gasteiger partial charge in [-0.15, -0.1) is 0 Å². The molecule has 0 aliphatic rings. The van der Waals surface area contributed by atoms with Crippen molar-refractivity contribution in [2.24, 2.45) is 5.73 Å². The normalized spacial score (nSPS) is 11.9. The summed E-state index contributed by atoms with van der Waals surface area (Å²) >= 11 is 0. The van der Waals surface area contributed by atoms with Crippen LogP contribution in [0.4, 0.5) is 0 Å². The number of hydrogen-bond acceptors (Lipinski definition) is 5. The number of esters is 1. The van der Waals surface area contributed by atoms with E-state index in [0.29, 0.717) is 11.3 Å². The van der Waals surface area contributed by atoms with Gasteiger partial charge in [0.15, 0.2) is 0 Å². The quantitative estimate of drug-likeness (QED) is 0.746. The first kappa shape index (κ1) is 12.3. The first-order chi connectivity index (χ1) is 7.58. The molecule has 0 radical (unpaired) electrons. The molecule has 0 unspecified atom stereocenters. The topological polar surface area (TPSA) is 81.8 Å². The predicted octanol–water partition coefficient (Wildman–Crippen LogP) is 0.964. The lowest BCUT2D eigenvalue weighted by atomic mass is 10.0. The van der Waals surface area contributed by atoms with E-state index in [2.05, 4.69) is 4.74 Å². The summed E-state index contributed by atoms with van der Waals surface area (Å²) in [6.45, 7) is 0. The molecule has 1 rings (SSSR count). The lowest BCUT2D eigenvalue weighted by molar-refractivity contribution is -0.141. The van der Waals surface area contributed by atoms with Gasteiger partial charge in [-0.05, 0) is 6.07 Å². The standard InChI is InChI=1S/C11H15NO4/c1-15-10-5-7(13)3-4-8(10)9(12)6-11(14)16-2/h3-5,9,13H,6,12H2,1-2H3/t9-/m1/s1. The summed E-state index contributed by atoms with van der Waals surface area (Å²) in [5.41, 5.74) is 6.49. The van der Waals surface area contributed by atoms with Gasteiger partial charge in [-0.25, -0.2) is 0 Å². The smallest absolute Gasteiger partial charge is 0.307 e. The predicted molar refractivity (Wildman–Crippen MR) is 58.2 cm³/mol. The minimum absolute atomic E-state index is 0.0671. The molecule has 0 saturated carbocycles. The number of nitrogens with two attached hydrogens (primary N) is 1. The molecule has 88 valence electrons. The molecule has 1 atom stereocenters. The average molecular weight is 225 g/mol. The maximum atomic E-state index is 11.1. The maximum Gasteiger partial charge on any atom is 0.307 e. The van der Waals surface area contributed by atoms with Gasteiger partial charge in [0.25, 0.3) is 0 Å². The van der Waals surface area contributed by atoms with Crippen molar-refractivity contribution < 1.29 is 19.4 Å². The van der Waals surface area contributed by atoms with Crippen LogP contribution in [-0.4, -0.2) is 25.3 Å². The van der Waals surface area contributed by atoms with Gasteiger partial charge < -0.3 is 20.3 Å². The second kappa shape index (κ2) is 5.37. The minimum atomic E-state index is -0.511.